The van der Waals surface area contributed by atoms with Crippen molar-refractivity contribution in [3.8, 4) is 0 Å². The maximum absolute atomic E-state index is 2.45. The van der Waals surface area contributed by atoms with Crippen LogP contribution in [0.4, 0.5) is 0 Å². The van der Waals surface area contributed by atoms with Gasteiger partial charge in [-0.3, -0.25) is 0 Å². The van der Waals surface area contributed by atoms with Gasteiger partial charge >= 0.3 is 0 Å². The van der Waals surface area contributed by atoms with Crippen molar-refractivity contribution in [2.24, 2.45) is 5.41 Å². The second-order valence-electron chi connectivity index (χ2n) is 6.73. The second kappa shape index (κ2) is 5.09. The van der Waals surface area contributed by atoms with Gasteiger partial charge in [0, 0.05) is 5.41 Å². The molecule has 0 bridgehead atoms. The predicted molar refractivity (Wildman–Crippen MR) is 85.9 cm³/mol. The van der Waals surface area contributed by atoms with Crippen LogP contribution >= 0.6 is 0 Å². The predicted octanol–water partition coefficient (Wildman–Crippen LogP) is 5.57. The number of rotatable bonds is 2. The Morgan fingerprint density at radius 1 is 0.650 bits per heavy atom. The van der Waals surface area contributed by atoms with Crippen LogP contribution in [0, 0.1) is 5.41 Å². The van der Waals surface area contributed by atoms with Gasteiger partial charge in [-0.25, -0.2) is 0 Å². The van der Waals surface area contributed by atoms with Crippen molar-refractivity contribution in [3.63, 3.8) is 0 Å². The minimum Gasteiger partial charge on any atom is -0.0622 e. The first kappa shape index (κ1) is 13.4. The first-order chi connectivity index (χ1) is 9.67. The van der Waals surface area contributed by atoms with Crippen molar-refractivity contribution in [3.05, 3.63) is 71.8 Å². The van der Waals surface area contributed by atoms with Crippen LogP contribution in [0.3, 0.4) is 0 Å². The summed E-state index contributed by atoms with van der Waals surface area (Å²) in [6, 6.07) is 22.3. The van der Waals surface area contributed by atoms with Gasteiger partial charge in [0.25, 0.3) is 0 Å². The average molecular weight is 264 g/mol. The zero-order valence-electron chi connectivity index (χ0n) is 12.6. The van der Waals surface area contributed by atoms with E-state index in [1.54, 1.807) is 0 Å². The van der Waals surface area contributed by atoms with Crippen LogP contribution in [-0.4, -0.2) is 0 Å². The molecule has 3 rings (SSSR count). The Morgan fingerprint density at radius 3 is 1.55 bits per heavy atom. The molecule has 0 heterocycles. The average Bonchev–Trinajstić information content (AvgIpc) is 2.49. The number of hydrogen-bond acceptors (Lipinski definition) is 0. The molecule has 0 spiro atoms. The molecule has 0 atom stereocenters. The summed E-state index contributed by atoms with van der Waals surface area (Å²) in [4.78, 5) is 0. The molecule has 0 heteroatoms. The zero-order valence-corrected chi connectivity index (χ0v) is 12.6. The second-order valence-corrected chi connectivity index (χ2v) is 6.73. The van der Waals surface area contributed by atoms with Crippen LogP contribution < -0.4 is 0 Å². The fourth-order valence-corrected chi connectivity index (χ4v) is 4.19. The highest BCUT2D eigenvalue weighted by atomic mass is 14.5. The summed E-state index contributed by atoms with van der Waals surface area (Å²) in [5, 5.41) is 0. The summed E-state index contributed by atoms with van der Waals surface area (Å²) in [6.07, 6.45) is 5.24. The van der Waals surface area contributed by atoms with E-state index in [-0.39, 0.29) is 5.41 Å². The van der Waals surface area contributed by atoms with E-state index >= 15 is 0 Å². The minimum absolute atomic E-state index is 0.160. The van der Waals surface area contributed by atoms with Gasteiger partial charge in [0.2, 0.25) is 0 Å². The standard InChI is InChI=1S/C20H24/c1-19(2)15-9-10-16-20(19,17-11-5-3-6-12-17)18-13-7-4-8-14-18/h3-8,11-14H,9-10,15-16H2,1-2H3. The van der Waals surface area contributed by atoms with Crippen LogP contribution in [0.15, 0.2) is 60.7 Å². The highest BCUT2D eigenvalue weighted by Crippen LogP contribution is 2.55. The largest absolute Gasteiger partial charge is 0.0622 e. The molecule has 1 fully saturated rings. The molecule has 0 nitrogen and oxygen atoms in total. The monoisotopic (exact) mass is 264 g/mol. The summed E-state index contributed by atoms with van der Waals surface area (Å²) in [7, 11) is 0. The van der Waals surface area contributed by atoms with E-state index in [1.165, 1.54) is 36.8 Å². The SMILES string of the molecule is CC1(C)CCCCC1(c1ccccc1)c1ccccc1. The molecule has 2 aromatic rings. The molecule has 2 aromatic carbocycles. The van der Waals surface area contributed by atoms with E-state index in [0.717, 1.165) is 0 Å². The molecule has 0 amide bonds. The smallest absolute Gasteiger partial charge is 0.0253 e. The molecule has 0 N–H and O–H groups in total. The fourth-order valence-electron chi connectivity index (χ4n) is 4.19. The van der Waals surface area contributed by atoms with Gasteiger partial charge in [-0.15, -0.1) is 0 Å². The third kappa shape index (κ3) is 1.98. The first-order valence-electron chi connectivity index (χ1n) is 7.78. The Morgan fingerprint density at radius 2 is 1.10 bits per heavy atom. The van der Waals surface area contributed by atoms with Crippen molar-refractivity contribution in [2.45, 2.75) is 44.9 Å². The Kier molecular flexibility index (Phi) is 3.41. The van der Waals surface area contributed by atoms with E-state index < -0.39 is 0 Å². The van der Waals surface area contributed by atoms with E-state index in [1.807, 2.05) is 0 Å². The van der Waals surface area contributed by atoms with E-state index in [0.29, 0.717) is 5.41 Å². The first-order valence-corrected chi connectivity index (χ1v) is 7.78. The summed E-state index contributed by atoms with van der Waals surface area (Å²) in [5.74, 6) is 0. The van der Waals surface area contributed by atoms with Gasteiger partial charge in [-0.1, -0.05) is 87.4 Å². The summed E-state index contributed by atoms with van der Waals surface area (Å²) in [6.45, 7) is 4.90. The lowest BCUT2D eigenvalue weighted by atomic mass is 9.52. The van der Waals surface area contributed by atoms with Crippen LogP contribution in [-0.2, 0) is 5.41 Å². The number of benzene rings is 2. The molecular formula is C20H24. The Balaban J connectivity index is 2.23. The van der Waals surface area contributed by atoms with E-state index in [2.05, 4.69) is 74.5 Å². The fraction of sp³-hybridized carbons (Fsp3) is 0.400. The summed E-state index contributed by atoms with van der Waals surface area (Å²) >= 11 is 0. The van der Waals surface area contributed by atoms with Crippen LogP contribution in [0.25, 0.3) is 0 Å². The van der Waals surface area contributed by atoms with Gasteiger partial charge < -0.3 is 0 Å². The van der Waals surface area contributed by atoms with E-state index in [4.69, 9.17) is 0 Å². The molecule has 1 aliphatic carbocycles. The summed E-state index contributed by atoms with van der Waals surface area (Å²) in [5.41, 5.74) is 3.42. The highest BCUT2D eigenvalue weighted by Gasteiger charge is 2.48. The van der Waals surface area contributed by atoms with Gasteiger partial charge in [0.05, 0.1) is 0 Å². The molecule has 104 valence electrons. The molecule has 0 aliphatic heterocycles. The molecule has 1 aliphatic rings. The quantitative estimate of drug-likeness (QED) is 0.665. The van der Waals surface area contributed by atoms with Crippen LogP contribution in [0.1, 0.15) is 50.7 Å². The third-order valence-corrected chi connectivity index (χ3v) is 5.29. The van der Waals surface area contributed by atoms with Crippen molar-refractivity contribution in [1.82, 2.24) is 0 Å². The molecule has 20 heavy (non-hydrogen) atoms. The minimum atomic E-state index is 0.160. The van der Waals surface area contributed by atoms with Crippen molar-refractivity contribution in [2.75, 3.05) is 0 Å². The van der Waals surface area contributed by atoms with Gasteiger partial charge in [0.15, 0.2) is 0 Å². The van der Waals surface area contributed by atoms with E-state index in [9.17, 15) is 0 Å². The molecule has 1 saturated carbocycles. The van der Waals surface area contributed by atoms with Gasteiger partial charge in [-0.05, 0) is 29.4 Å². The van der Waals surface area contributed by atoms with Crippen molar-refractivity contribution in [1.29, 1.82) is 0 Å². The Bertz CT molecular complexity index is 512. The summed E-state index contributed by atoms with van der Waals surface area (Å²) < 4.78 is 0. The molecule has 0 saturated heterocycles. The third-order valence-electron chi connectivity index (χ3n) is 5.29. The van der Waals surface area contributed by atoms with Gasteiger partial charge in [-0.2, -0.15) is 0 Å². The zero-order chi connectivity index (χ0) is 14.1. The highest BCUT2D eigenvalue weighted by molar-refractivity contribution is 5.42. The molecule has 0 radical (unpaired) electrons. The lowest BCUT2D eigenvalue weighted by Crippen LogP contribution is -2.45. The molecule has 0 aromatic heterocycles. The van der Waals surface area contributed by atoms with Crippen LogP contribution in [0.5, 0.6) is 0 Å². The lowest BCUT2D eigenvalue weighted by molar-refractivity contribution is 0.128. The maximum atomic E-state index is 2.45. The Labute approximate surface area is 122 Å². The van der Waals surface area contributed by atoms with Crippen molar-refractivity contribution < 1.29 is 0 Å². The topological polar surface area (TPSA) is 0 Å². The van der Waals surface area contributed by atoms with Gasteiger partial charge in [0.1, 0.15) is 0 Å². The molecular weight excluding hydrogens is 240 g/mol. The lowest BCUT2D eigenvalue weighted by Gasteiger charge is -2.51. The Hall–Kier alpha value is -1.56. The van der Waals surface area contributed by atoms with Crippen LogP contribution in [0.2, 0.25) is 0 Å². The van der Waals surface area contributed by atoms with Crippen molar-refractivity contribution >= 4 is 0 Å². The number of hydrogen-bond donors (Lipinski definition) is 0. The normalized spacial score (nSPS) is 20.5. The molecule has 0 unspecified atom stereocenters. The maximum Gasteiger partial charge on any atom is 0.0253 e.